The third-order valence-electron chi connectivity index (χ3n) is 3.75. The van der Waals surface area contributed by atoms with Gasteiger partial charge < -0.3 is 10.1 Å². The molecule has 136 valence electrons. The molecule has 0 aliphatic heterocycles. The van der Waals surface area contributed by atoms with Crippen LogP contribution in [0.3, 0.4) is 0 Å². The second-order valence-electron chi connectivity index (χ2n) is 5.46. The lowest BCUT2D eigenvalue weighted by Gasteiger charge is -2.13. The summed E-state index contributed by atoms with van der Waals surface area (Å²) in [5, 5.41) is 12.1. The van der Waals surface area contributed by atoms with Crippen molar-refractivity contribution in [3.8, 4) is 11.8 Å². The van der Waals surface area contributed by atoms with Crippen molar-refractivity contribution in [3.63, 3.8) is 0 Å². The maximum absolute atomic E-state index is 12.4. The molecule has 1 N–H and O–H groups in total. The van der Waals surface area contributed by atoms with E-state index >= 15 is 0 Å². The number of ether oxygens (including phenoxy) is 1. The maximum Gasteiger partial charge on any atom is 0.331 e. The number of anilines is 1. The smallest absolute Gasteiger partial charge is 0.331 e. The van der Waals surface area contributed by atoms with Crippen molar-refractivity contribution in [2.45, 2.75) is 26.9 Å². The molecule has 0 aliphatic rings. The van der Waals surface area contributed by atoms with Gasteiger partial charge in [-0.3, -0.25) is 14.2 Å². The molecule has 1 amide bonds. The van der Waals surface area contributed by atoms with Gasteiger partial charge in [0.05, 0.1) is 12.8 Å². The summed E-state index contributed by atoms with van der Waals surface area (Å²) in [6.07, 6.45) is 1.19. The zero-order valence-corrected chi connectivity index (χ0v) is 15.3. The van der Waals surface area contributed by atoms with Gasteiger partial charge in [-0.1, -0.05) is 11.6 Å². The molecule has 26 heavy (non-hydrogen) atoms. The second kappa shape index (κ2) is 7.89. The number of nitrogens with zero attached hydrogens (tertiary/aromatic N) is 3. The van der Waals surface area contributed by atoms with E-state index in [0.717, 1.165) is 10.1 Å². The third kappa shape index (κ3) is 3.78. The molecule has 0 bridgehead atoms. The van der Waals surface area contributed by atoms with Crippen molar-refractivity contribution >= 4 is 23.2 Å². The number of halogens is 1. The van der Waals surface area contributed by atoms with E-state index < -0.39 is 23.7 Å². The lowest BCUT2D eigenvalue weighted by molar-refractivity contribution is -0.116. The zero-order valence-electron chi connectivity index (χ0n) is 14.5. The predicted octanol–water partition coefficient (Wildman–Crippen LogP) is 1.51. The number of methoxy groups -OCH3 is 1. The molecule has 2 aromatic rings. The monoisotopic (exact) mass is 376 g/mol. The first-order valence-corrected chi connectivity index (χ1v) is 8.08. The van der Waals surface area contributed by atoms with E-state index in [1.54, 1.807) is 32.0 Å². The normalized spacial score (nSPS) is 10.3. The van der Waals surface area contributed by atoms with Gasteiger partial charge in [0.25, 0.3) is 5.56 Å². The van der Waals surface area contributed by atoms with Crippen LogP contribution in [0.5, 0.6) is 5.75 Å². The minimum Gasteiger partial charge on any atom is -0.495 e. The Balaban J connectivity index is 2.38. The Kier molecular flexibility index (Phi) is 5.85. The van der Waals surface area contributed by atoms with Crippen molar-refractivity contribution in [2.24, 2.45) is 0 Å². The molecule has 0 atom stereocenters. The van der Waals surface area contributed by atoms with Crippen molar-refractivity contribution in [2.75, 3.05) is 12.4 Å². The fraction of sp³-hybridized carbons (Fsp3) is 0.294. The molecule has 0 radical (unpaired) electrons. The van der Waals surface area contributed by atoms with Crippen LogP contribution < -0.4 is 21.3 Å². The third-order valence-corrected chi connectivity index (χ3v) is 4.16. The molecule has 8 nitrogen and oxygen atoms in total. The lowest BCUT2D eigenvalue weighted by atomic mass is 10.2. The van der Waals surface area contributed by atoms with Crippen LogP contribution in [0, 0.1) is 18.3 Å². The topological polar surface area (TPSA) is 106 Å². The van der Waals surface area contributed by atoms with E-state index in [-0.39, 0.29) is 12.1 Å². The molecule has 0 saturated heterocycles. The largest absolute Gasteiger partial charge is 0.495 e. The molecular formula is C17H17ClN4O4. The molecule has 0 saturated carbocycles. The minimum absolute atomic E-state index is 0.209. The second-order valence-corrected chi connectivity index (χ2v) is 5.87. The van der Waals surface area contributed by atoms with E-state index in [1.165, 1.54) is 17.9 Å². The predicted molar refractivity (Wildman–Crippen MR) is 96.7 cm³/mol. The summed E-state index contributed by atoms with van der Waals surface area (Å²) >= 11 is 6.03. The van der Waals surface area contributed by atoms with Gasteiger partial charge in [0.2, 0.25) is 5.91 Å². The highest BCUT2D eigenvalue weighted by Crippen LogP contribution is 2.30. The molecule has 0 unspecified atom stereocenters. The molecule has 0 fully saturated rings. The van der Waals surface area contributed by atoms with Gasteiger partial charge in [0.15, 0.2) is 0 Å². The number of rotatable bonds is 5. The zero-order chi connectivity index (χ0) is 19.4. The van der Waals surface area contributed by atoms with Crippen molar-refractivity contribution in [1.29, 1.82) is 5.26 Å². The van der Waals surface area contributed by atoms with Gasteiger partial charge in [0.1, 0.15) is 23.9 Å². The van der Waals surface area contributed by atoms with E-state index in [0.29, 0.717) is 16.5 Å². The summed E-state index contributed by atoms with van der Waals surface area (Å²) in [5.74, 6) is -0.264. The highest BCUT2D eigenvalue weighted by atomic mass is 35.5. The van der Waals surface area contributed by atoms with Crippen molar-refractivity contribution in [1.82, 2.24) is 9.13 Å². The Hall–Kier alpha value is -3.05. The molecule has 1 aromatic carbocycles. The molecule has 2 rings (SSSR count). The molecule has 1 aromatic heterocycles. The highest BCUT2D eigenvalue weighted by molar-refractivity contribution is 6.31. The van der Waals surface area contributed by atoms with E-state index in [1.807, 2.05) is 0 Å². The molecule has 9 heteroatoms. The summed E-state index contributed by atoms with van der Waals surface area (Å²) < 4.78 is 7.10. The average molecular weight is 377 g/mol. The number of aromatic nitrogens is 2. The van der Waals surface area contributed by atoms with Gasteiger partial charge >= 0.3 is 5.69 Å². The molecule has 0 aliphatic carbocycles. The fourth-order valence-corrected chi connectivity index (χ4v) is 2.51. The number of carbonyl (C=O) groups excluding carboxylic acids is 1. The number of aryl methyl sites for hydroxylation is 2. The summed E-state index contributed by atoms with van der Waals surface area (Å²) in [6.45, 7) is 3.19. The first kappa shape index (κ1) is 19.3. The maximum atomic E-state index is 12.4. The number of benzene rings is 1. The number of carbonyl (C=O) groups is 1. The highest BCUT2D eigenvalue weighted by Gasteiger charge is 2.16. The summed E-state index contributed by atoms with van der Waals surface area (Å²) in [7, 11) is 1.43. The van der Waals surface area contributed by atoms with Gasteiger partial charge in [-0.25, -0.2) is 9.36 Å². The van der Waals surface area contributed by atoms with E-state index in [2.05, 4.69) is 5.32 Å². The lowest BCUT2D eigenvalue weighted by Crippen LogP contribution is -2.43. The molecule has 0 spiro atoms. The molecule has 1 heterocycles. The van der Waals surface area contributed by atoms with Gasteiger partial charge in [-0.2, -0.15) is 5.26 Å². The Labute approximate surface area is 154 Å². The van der Waals surface area contributed by atoms with Crippen LogP contribution in [0.4, 0.5) is 5.69 Å². The SMILES string of the molecule is CCn1cc(C#N)c(=O)n(CC(=O)Nc2cc(C)c(Cl)cc2OC)c1=O. The van der Waals surface area contributed by atoms with E-state index in [4.69, 9.17) is 21.6 Å². The Morgan fingerprint density at radius 3 is 2.65 bits per heavy atom. The quantitative estimate of drug-likeness (QED) is 0.851. The number of nitriles is 1. The number of nitrogens with one attached hydrogen (secondary N) is 1. The number of amides is 1. The van der Waals surface area contributed by atoms with Crippen LogP contribution in [0.1, 0.15) is 18.1 Å². The minimum atomic E-state index is -0.809. The van der Waals surface area contributed by atoms with Gasteiger partial charge in [0, 0.05) is 23.8 Å². The van der Waals surface area contributed by atoms with Gasteiger partial charge in [-0.05, 0) is 25.5 Å². The Morgan fingerprint density at radius 1 is 1.38 bits per heavy atom. The first-order chi connectivity index (χ1) is 12.3. The summed E-state index contributed by atoms with van der Waals surface area (Å²) in [5.41, 5.74) is -0.596. The van der Waals surface area contributed by atoms with Crippen LogP contribution in [0.25, 0.3) is 0 Å². The van der Waals surface area contributed by atoms with Crippen LogP contribution in [0.15, 0.2) is 27.9 Å². The fourth-order valence-electron chi connectivity index (χ4n) is 2.36. The Morgan fingerprint density at radius 2 is 2.08 bits per heavy atom. The Bertz CT molecular complexity index is 1020. The molecular weight excluding hydrogens is 360 g/mol. The number of hydrogen-bond acceptors (Lipinski definition) is 5. The first-order valence-electron chi connectivity index (χ1n) is 7.70. The van der Waals surface area contributed by atoms with Crippen LogP contribution in [0.2, 0.25) is 5.02 Å². The van der Waals surface area contributed by atoms with Crippen LogP contribution in [-0.4, -0.2) is 22.2 Å². The average Bonchev–Trinajstić information content (AvgIpc) is 2.61. The van der Waals surface area contributed by atoms with Gasteiger partial charge in [-0.15, -0.1) is 0 Å². The van der Waals surface area contributed by atoms with Crippen LogP contribution >= 0.6 is 11.6 Å². The summed E-state index contributed by atoms with van der Waals surface area (Å²) in [4.78, 5) is 36.9. The summed E-state index contributed by atoms with van der Waals surface area (Å²) in [6, 6.07) is 4.91. The van der Waals surface area contributed by atoms with Crippen LogP contribution in [-0.2, 0) is 17.9 Å². The standard InChI is InChI=1S/C17H17ClN4O4/c1-4-21-8-11(7-19)16(24)22(17(21)25)9-15(23)20-13-5-10(2)12(18)6-14(13)26-3/h5-6,8H,4,9H2,1-3H3,(H,20,23). The van der Waals surface area contributed by atoms with Crippen molar-refractivity contribution < 1.29 is 9.53 Å². The van der Waals surface area contributed by atoms with E-state index in [9.17, 15) is 14.4 Å². The number of hydrogen-bond donors (Lipinski definition) is 1. The van der Waals surface area contributed by atoms with Crippen molar-refractivity contribution in [3.05, 3.63) is 55.3 Å².